The molecule has 0 amide bonds. The number of aliphatic hydroxyl groups excluding tert-OH is 2. The highest BCUT2D eigenvalue weighted by atomic mass is 35.5. The van der Waals surface area contributed by atoms with Crippen LogP contribution in [-0.4, -0.2) is 27.8 Å². The molecule has 0 aromatic carbocycles. The largest absolute Gasteiger partial charge is 0.397 e. The average Bonchev–Trinajstić information content (AvgIpc) is 2.19. The van der Waals surface area contributed by atoms with Crippen LogP contribution in [0.5, 0.6) is 0 Å². The summed E-state index contributed by atoms with van der Waals surface area (Å²) in [5, 5.41) is 19.1. The van der Waals surface area contributed by atoms with Gasteiger partial charge in [0.1, 0.15) is 11.3 Å². The standard InChI is InChI=1S/C8H12ClN3O2/c9-6-2-1-4(11)7(12-6)8(14)5(13)3-10/h1-2,5,8,13-14H,3,10-11H2. The number of nitrogen functional groups attached to an aromatic ring is 1. The van der Waals surface area contributed by atoms with Crippen molar-refractivity contribution in [1.29, 1.82) is 0 Å². The molecule has 1 aromatic heterocycles. The van der Waals surface area contributed by atoms with Crippen molar-refractivity contribution in [2.45, 2.75) is 12.2 Å². The number of pyridine rings is 1. The highest BCUT2D eigenvalue weighted by Gasteiger charge is 2.20. The Morgan fingerprint density at radius 2 is 2.07 bits per heavy atom. The molecule has 0 saturated carbocycles. The van der Waals surface area contributed by atoms with Crippen LogP contribution >= 0.6 is 11.6 Å². The highest BCUT2D eigenvalue weighted by Crippen LogP contribution is 2.22. The smallest absolute Gasteiger partial charge is 0.129 e. The van der Waals surface area contributed by atoms with E-state index in [-0.39, 0.29) is 23.1 Å². The average molecular weight is 218 g/mol. The number of aromatic nitrogens is 1. The topological polar surface area (TPSA) is 105 Å². The zero-order chi connectivity index (χ0) is 10.7. The summed E-state index contributed by atoms with van der Waals surface area (Å²) >= 11 is 5.62. The Hall–Kier alpha value is -0.880. The molecule has 0 aliphatic rings. The van der Waals surface area contributed by atoms with E-state index in [2.05, 4.69) is 4.98 Å². The minimum Gasteiger partial charge on any atom is -0.397 e. The minimum atomic E-state index is -1.21. The van der Waals surface area contributed by atoms with Crippen molar-refractivity contribution < 1.29 is 10.2 Å². The molecule has 0 spiro atoms. The van der Waals surface area contributed by atoms with E-state index in [0.29, 0.717) is 0 Å². The normalized spacial score (nSPS) is 15.1. The summed E-state index contributed by atoms with van der Waals surface area (Å²) in [6.45, 7) is -0.0746. The molecule has 2 atom stereocenters. The van der Waals surface area contributed by atoms with Gasteiger partial charge >= 0.3 is 0 Å². The van der Waals surface area contributed by atoms with Crippen molar-refractivity contribution in [2.24, 2.45) is 5.73 Å². The summed E-state index contributed by atoms with van der Waals surface area (Å²) in [7, 11) is 0. The first-order chi connectivity index (χ1) is 6.56. The number of nitrogens with two attached hydrogens (primary N) is 2. The molecular formula is C8H12ClN3O2. The molecule has 6 N–H and O–H groups in total. The SMILES string of the molecule is NCC(O)C(O)c1nc(Cl)ccc1N. The third-order valence-corrected chi connectivity index (χ3v) is 2.02. The predicted molar refractivity (Wildman–Crippen MR) is 53.7 cm³/mol. The van der Waals surface area contributed by atoms with Crippen LogP contribution < -0.4 is 11.5 Å². The predicted octanol–water partition coefficient (Wildman–Crippen LogP) is -0.330. The second kappa shape index (κ2) is 4.56. The molecule has 2 unspecified atom stereocenters. The van der Waals surface area contributed by atoms with Crippen molar-refractivity contribution in [2.75, 3.05) is 12.3 Å². The molecule has 1 rings (SSSR count). The molecule has 1 aromatic rings. The number of rotatable bonds is 3. The Labute approximate surface area is 86.3 Å². The van der Waals surface area contributed by atoms with Crippen LogP contribution in [-0.2, 0) is 0 Å². The maximum absolute atomic E-state index is 9.56. The van der Waals surface area contributed by atoms with Gasteiger partial charge in [-0.25, -0.2) is 4.98 Å². The lowest BCUT2D eigenvalue weighted by atomic mass is 10.1. The Kier molecular flexibility index (Phi) is 3.65. The molecule has 0 saturated heterocycles. The number of halogens is 1. The van der Waals surface area contributed by atoms with Gasteiger partial charge in [-0.3, -0.25) is 0 Å². The monoisotopic (exact) mass is 217 g/mol. The number of hydrogen-bond donors (Lipinski definition) is 4. The van der Waals surface area contributed by atoms with Gasteiger partial charge in [0.15, 0.2) is 0 Å². The lowest BCUT2D eigenvalue weighted by Gasteiger charge is -2.16. The number of nitrogens with zero attached hydrogens (tertiary/aromatic N) is 1. The Bertz CT molecular complexity index is 321. The van der Waals surface area contributed by atoms with Gasteiger partial charge in [0, 0.05) is 6.54 Å². The van der Waals surface area contributed by atoms with Crippen LogP contribution in [0.25, 0.3) is 0 Å². The molecule has 0 aliphatic carbocycles. The summed E-state index contributed by atoms with van der Waals surface area (Å²) in [5.41, 5.74) is 11.2. The van der Waals surface area contributed by atoms with Gasteiger partial charge < -0.3 is 21.7 Å². The minimum absolute atomic E-state index is 0.0746. The number of aliphatic hydroxyl groups is 2. The van der Waals surface area contributed by atoms with Crippen molar-refractivity contribution in [3.8, 4) is 0 Å². The molecule has 1 heterocycles. The molecule has 6 heteroatoms. The Morgan fingerprint density at radius 1 is 1.43 bits per heavy atom. The summed E-state index contributed by atoms with van der Waals surface area (Å²) in [6.07, 6.45) is -2.30. The maximum Gasteiger partial charge on any atom is 0.129 e. The summed E-state index contributed by atoms with van der Waals surface area (Å²) in [6, 6.07) is 3.01. The first kappa shape index (κ1) is 11.2. The molecule has 0 fully saturated rings. The second-order valence-corrected chi connectivity index (χ2v) is 3.24. The molecule has 5 nitrogen and oxygen atoms in total. The van der Waals surface area contributed by atoms with Crippen molar-refractivity contribution in [1.82, 2.24) is 4.98 Å². The van der Waals surface area contributed by atoms with Crippen molar-refractivity contribution in [3.63, 3.8) is 0 Å². The van der Waals surface area contributed by atoms with Crippen LogP contribution in [0.3, 0.4) is 0 Å². The van der Waals surface area contributed by atoms with Crippen LogP contribution in [0.15, 0.2) is 12.1 Å². The van der Waals surface area contributed by atoms with Gasteiger partial charge in [-0.05, 0) is 12.1 Å². The molecule has 0 aliphatic heterocycles. The lowest BCUT2D eigenvalue weighted by molar-refractivity contribution is 0.0222. The van der Waals surface area contributed by atoms with Crippen molar-refractivity contribution >= 4 is 17.3 Å². The second-order valence-electron chi connectivity index (χ2n) is 2.86. The van der Waals surface area contributed by atoms with E-state index in [9.17, 15) is 10.2 Å². The third-order valence-electron chi connectivity index (χ3n) is 1.81. The molecule has 0 bridgehead atoms. The van der Waals surface area contributed by atoms with Crippen molar-refractivity contribution in [3.05, 3.63) is 23.0 Å². The Morgan fingerprint density at radius 3 is 2.64 bits per heavy atom. The fourth-order valence-corrected chi connectivity index (χ4v) is 1.16. The van der Waals surface area contributed by atoms with E-state index in [1.54, 1.807) is 0 Å². The van der Waals surface area contributed by atoms with E-state index in [1.807, 2.05) is 0 Å². The van der Waals surface area contributed by atoms with Gasteiger partial charge in [-0.15, -0.1) is 0 Å². The highest BCUT2D eigenvalue weighted by molar-refractivity contribution is 6.29. The molecule has 78 valence electrons. The van der Waals surface area contributed by atoms with Crippen LogP contribution in [0, 0.1) is 0 Å². The van der Waals surface area contributed by atoms with Crippen LogP contribution in [0.4, 0.5) is 5.69 Å². The molecular weight excluding hydrogens is 206 g/mol. The fourth-order valence-electron chi connectivity index (χ4n) is 1.01. The number of anilines is 1. The maximum atomic E-state index is 9.56. The fraction of sp³-hybridized carbons (Fsp3) is 0.375. The zero-order valence-corrected chi connectivity index (χ0v) is 8.15. The lowest BCUT2D eigenvalue weighted by Crippen LogP contribution is -2.28. The zero-order valence-electron chi connectivity index (χ0n) is 7.39. The van der Waals surface area contributed by atoms with E-state index >= 15 is 0 Å². The van der Waals surface area contributed by atoms with Crippen LogP contribution in [0.2, 0.25) is 5.15 Å². The summed E-state index contributed by atoms with van der Waals surface area (Å²) < 4.78 is 0. The van der Waals surface area contributed by atoms with Gasteiger partial charge in [-0.2, -0.15) is 0 Å². The molecule has 14 heavy (non-hydrogen) atoms. The van der Waals surface area contributed by atoms with Gasteiger partial charge in [0.2, 0.25) is 0 Å². The van der Waals surface area contributed by atoms with E-state index in [1.165, 1.54) is 12.1 Å². The van der Waals surface area contributed by atoms with Gasteiger partial charge in [-0.1, -0.05) is 11.6 Å². The number of hydrogen-bond acceptors (Lipinski definition) is 5. The van der Waals surface area contributed by atoms with Gasteiger partial charge in [0.05, 0.1) is 17.5 Å². The van der Waals surface area contributed by atoms with E-state index in [4.69, 9.17) is 23.1 Å². The summed E-state index contributed by atoms with van der Waals surface area (Å²) in [4.78, 5) is 3.82. The van der Waals surface area contributed by atoms with E-state index in [0.717, 1.165) is 0 Å². The van der Waals surface area contributed by atoms with Gasteiger partial charge in [0.25, 0.3) is 0 Å². The van der Waals surface area contributed by atoms with E-state index < -0.39 is 12.2 Å². The first-order valence-corrected chi connectivity index (χ1v) is 4.42. The Balaban J connectivity index is 2.99. The first-order valence-electron chi connectivity index (χ1n) is 4.04. The van der Waals surface area contributed by atoms with Crippen LogP contribution in [0.1, 0.15) is 11.8 Å². The molecule has 0 radical (unpaired) electrons. The third kappa shape index (κ3) is 2.33. The quantitative estimate of drug-likeness (QED) is 0.519. The summed E-state index contributed by atoms with van der Waals surface area (Å²) in [5.74, 6) is 0.